The lowest BCUT2D eigenvalue weighted by Gasteiger charge is -2.36. The van der Waals surface area contributed by atoms with E-state index in [0.717, 1.165) is 18.5 Å². The van der Waals surface area contributed by atoms with E-state index in [4.69, 9.17) is 5.73 Å². The van der Waals surface area contributed by atoms with Gasteiger partial charge >= 0.3 is 0 Å². The molecule has 1 saturated carbocycles. The molecule has 1 atom stereocenters. The summed E-state index contributed by atoms with van der Waals surface area (Å²) in [7, 11) is 0. The molecule has 0 radical (unpaired) electrons. The molecular weight excluding hydrogens is 196 g/mol. The van der Waals surface area contributed by atoms with Crippen LogP contribution in [-0.2, 0) is 0 Å². The van der Waals surface area contributed by atoms with Crippen LogP contribution >= 0.6 is 0 Å². The first-order chi connectivity index (χ1) is 7.56. The van der Waals surface area contributed by atoms with Gasteiger partial charge in [0.25, 0.3) is 0 Å². The Morgan fingerprint density at radius 1 is 1.25 bits per heavy atom. The van der Waals surface area contributed by atoms with Crippen LogP contribution in [0.5, 0.6) is 0 Å². The third-order valence-electron chi connectivity index (χ3n) is 3.88. The number of hydrogen-bond acceptors (Lipinski definition) is 2. The maximum Gasteiger partial charge on any atom is 0.0278 e. The molecule has 0 aromatic carbocycles. The fraction of sp³-hybridized carbons (Fsp3) is 1.00. The van der Waals surface area contributed by atoms with Crippen molar-refractivity contribution < 1.29 is 0 Å². The van der Waals surface area contributed by atoms with Crippen molar-refractivity contribution in [2.45, 2.75) is 77.3 Å². The Labute approximate surface area is 101 Å². The molecule has 0 spiro atoms. The summed E-state index contributed by atoms with van der Waals surface area (Å²) in [5, 5.41) is 3.81. The van der Waals surface area contributed by atoms with Gasteiger partial charge in [0, 0.05) is 18.1 Å². The van der Waals surface area contributed by atoms with Gasteiger partial charge in [-0.2, -0.15) is 0 Å². The summed E-state index contributed by atoms with van der Waals surface area (Å²) in [6, 6.07) is 0.717. The van der Waals surface area contributed by atoms with E-state index < -0.39 is 0 Å². The molecule has 16 heavy (non-hydrogen) atoms. The maximum absolute atomic E-state index is 5.95. The molecule has 2 nitrogen and oxygen atoms in total. The summed E-state index contributed by atoms with van der Waals surface area (Å²) in [5.41, 5.74) is 6.11. The highest BCUT2D eigenvalue weighted by atomic mass is 15.0. The Bertz CT molecular complexity index is 185. The third-order valence-corrected chi connectivity index (χ3v) is 3.88. The molecule has 0 aliphatic heterocycles. The second-order valence-electron chi connectivity index (χ2n) is 6.18. The van der Waals surface area contributed by atoms with Crippen molar-refractivity contribution >= 4 is 0 Å². The Kier molecular flexibility index (Phi) is 5.77. The molecule has 0 aromatic heterocycles. The van der Waals surface area contributed by atoms with Crippen molar-refractivity contribution in [1.29, 1.82) is 0 Å². The highest BCUT2D eigenvalue weighted by Crippen LogP contribution is 2.22. The average molecular weight is 226 g/mol. The van der Waals surface area contributed by atoms with Crippen LogP contribution in [-0.4, -0.2) is 18.1 Å². The van der Waals surface area contributed by atoms with Gasteiger partial charge in [-0.1, -0.05) is 33.1 Å². The molecule has 1 rings (SSSR count). The number of nitrogens with two attached hydrogens (primary N) is 1. The minimum atomic E-state index is 0.159. The summed E-state index contributed by atoms with van der Waals surface area (Å²) in [6.07, 6.45) is 9.37. The van der Waals surface area contributed by atoms with Gasteiger partial charge in [-0.15, -0.1) is 0 Å². The van der Waals surface area contributed by atoms with Crippen LogP contribution in [0.25, 0.3) is 0 Å². The van der Waals surface area contributed by atoms with Crippen LogP contribution in [0.15, 0.2) is 0 Å². The molecule has 1 unspecified atom stereocenters. The minimum Gasteiger partial charge on any atom is -0.329 e. The minimum absolute atomic E-state index is 0.159. The quantitative estimate of drug-likeness (QED) is 0.730. The van der Waals surface area contributed by atoms with E-state index in [0.29, 0.717) is 0 Å². The molecule has 3 N–H and O–H groups in total. The number of hydrogen-bond donors (Lipinski definition) is 2. The van der Waals surface area contributed by atoms with E-state index >= 15 is 0 Å². The predicted octanol–water partition coefficient (Wildman–Crippen LogP) is 3.06. The molecule has 0 heterocycles. The second kappa shape index (κ2) is 6.61. The van der Waals surface area contributed by atoms with Gasteiger partial charge in [0.2, 0.25) is 0 Å². The summed E-state index contributed by atoms with van der Waals surface area (Å²) in [6.45, 7) is 7.63. The third kappa shape index (κ3) is 4.84. The van der Waals surface area contributed by atoms with E-state index in [1.165, 1.54) is 44.9 Å². The van der Waals surface area contributed by atoms with Crippen LogP contribution in [0.2, 0.25) is 0 Å². The first kappa shape index (κ1) is 14.0. The monoisotopic (exact) mass is 226 g/mol. The highest BCUT2D eigenvalue weighted by Gasteiger charge is 2.26. The molecule has 96 valence electrons. The van der Waals surface area contributed by atoms with Crippen molar-refractivity contribution in [3.05, 3.63) is 0 Å². The lowest BCUT2D eigenvalue weighted by molar-refractivity contribution is 0.244. The summed E-state index contributed by atoms with van der Waals surface area (Å²) < 4.78 is 0. The van der Waals surface area contributed by atoms with Gasteiger partial charge in [-0.05, 0) is 38.5 Å². The zero-order valence-corrected chi connectivity index (χ0v) is 11.4. The van der Waals surface area contributed by atoms with Gasteiger partial charge in [-0.3, -0.25) is 0 Å². The SMILES string of the molecule is CC(C)CCC(C)(CN)NC1CCCCC1. The van der Waals surface area contributed by atoms with Crippen LogP contribution < -0.4 is 11.1 Å². The fourth-order valence-electron chi connectivity index (χ4n) is 2.58. The Balaban J connectivity index is 2.38. The lowest BCUT2D eigenvalue weighted by Crippen LogP contribution is -2.53. The largest absolute Gasteiger partial charge is 0.329 e. The van der Waals surface area contributed by atoms with Crippen LogP contribution in [0.4, 0.5) is 0 Å². The molecule has 0 saturated heterocycles. The highest BCUT2D eigenvalue weighted by molar-refractivity contribution is 4.88. The van der Waals surface area contributed by atoms with E-state index in [2.05, 4.69) is 26.1 Å². The van der Waals surface area contributed by atoms with E-state index in [9.17, 15) is 0 Å². The molecule has 1 aliphatic carbocycles. The zero-order valence-electron chi connectivity index (χ0n) is 11.4. The Morgan fingerprint density at radius 3 is 2.38 bits per heavy atom. The van der Waals surface area contributed by atoms with Crippen LogP contribution in [0.1, 0.15) is 65.7 Å². The molecular formula is C14H30N2. The first-order valence-corrected chi connectivity index (χ1v) is 7.03. The fourth-order valence-corrected chi connectivity index (χ4v) is 2.58. The summed E-state index contributed by atoms with van der Waals surface area (Å²) >= 11 is 0. The van der Waals surface area contributed by atoms with Gasteiger partial charge in [0.1, 0.15) is 0 Å². The molecule has 0 aromatic rings. The predicted molar refractivity (Wildman–Crippen MR) is 71.5 cm³/mol. The van der Waals surface area contributed by atoms with E-state index in [1.807, 2.05) is 0 Å². The number of nitrogens with one attached hydrogen (secondary N) is 1. The normalized spacial score (nSPS) is 22.3. The number of rotatable bonds is 6. The molecule has 2 heteroatoms. The summed E-state index contributed by atoms with van der Waals surface area (Å²) in [5.74, 6) is 0.777. The van der Waals surface area contributed by atoms with Crippen LogP contribution in [0, 0.1) is 5.92 Å². The standard InChI is InChI=1S/C14H30N2/c1-12(2)9-10-14(3,11-15)16-13-7-5-4-6-8-13/h12-13,16H,4-11,15H2,1-3H3. The van der Waals surface area contributed by atoms with Crippen molar-refractivity contribution in [3.8, 4) is 0 Å². The van der Waals surface area contributed by atoms with Crippen molar-refractivity contribution in [2.75, 3.05) is 6.54 Å². The van der Waals surface area contributed by atoms with Gasteiger partial charge < -0.3 is 11.1 Å². The Hall–Kier alpha value is -0.0800. The molecule has 0 bridgehead atoms. The van der Waals surface area contributed by atoms with Crippen molar-refractivity contribution in [3.63, 3.8) is 0 Å². The molecule has 0 amide bonds. The van der Waals surface area contributed by atoms with E-state index in [-0.39, 0.29) is 5.54 Å². The second-order valence-corrected chi connectivity index (χ2v) is 6.18. The van der Waals surface area contributed by atoms with Gasteiger partial charge in [-0.25, -0.2) is 0 Å². The van der Waals surface area contributed by atoms with Crippen LogP contribution in [0.3, 0.4) is 0 Å². The van der Waals surface area contributed by atoms with E-state index in [1.54, 1.807) is 0 Å². The zero-order chi connectivity index (χ0) is 12.0. The summed E-state index contributed by atoms with van der Waals surface area (Å²) in [4.78, 5) is 0. The first-order valence-electron chi connectivity index (χ1n) is 7.03. The lowest BCUT2D eigenvalue weighted by atomic mass is 9.88. The molecule has 1 fully saturated rings. The van der Waals surface area contributed by atoms with Crippen molar-refractivity contribution in [1.82, 2.24) is 5.32 Å². The maximum atomic E-state index is 5.95. The average Bonchev–Trinajstić information content (AvgIpc) is 2.28. The van der Waals surface area contributed by atoms with Gasteiger partial charge in [0.05, 0.1) is 0 Å². The molecule has 1 aliphatic rings. The smallest absolute Gasteiger partial charge is 0.0278 e. The Morgan fingerprint density at radius 2 is 1.88 bits per heavy atom. The topological polar surface area (TPSA) is 38.0 Å². The van der Waals surface area contributed by atoms with Crippen molar-refractivity contribution in [2.24, 2.45) is 11.7 Å². The van der Waals surface area contributed by atoms with Gasteiger partial charge in [0.15, 0.2) is 0 Å².